The van der Waals surface area contributed by atoms with Gasteiger partial charge in [0, 0.05) is 11.8 Å². The van der Waals surface area contributed by atoms with Crippen LogP contribution in [0.2, 0.25) is 0 Å². The molecule has 2 rings (SSSR count). The second-order valence-corrected chi connectivity index (χ2v) is 5.24. The highest BCUT2D eigenvalue weighted by atomic mass is 16.4. The van der Waals surface area contributed by atoms with Gasteiger partial charge in [-0.05, 0) is 18.8 Å². The van der Waals surface area contributed by atoms with Crippen molar-refractivity contribution in [1.29, 1.82) is 0 Å². The first kappa shape index (κ1) is 11.6. The molecule has 1 N–H and O–H groups in total. The van der Waals surface area contributed by atoms with E-state index in [1.807, 2.05) is 0 Å². The Balaban J connectivity index is 1.94. The Morgan fingerprint density at radius 1 is 1.44 bits per heavy atom. The van der Waals surface area contributed by atoms with Crippen molar-refractivity contribution in [2.75, 3.05) is 0 Å². The van der Waals surface area contributed by atoms with Crippen LogP contribution in [0.15, 0.2) is 0 Å². The molecule has 0 radical (unpaired) electrons. The van der Waals surface area contributed by atoms with Gasteiger partial charge in [0.05, 0.1) is 5.92 Å². The molecule has 0 aromatic rings. The molecule has 3 heteroatoms. The van der Waals surface area contributed by atoms with Crippen LogP contribution in [0.1, 0.15) is 51.9 Å². The van der Waals surface area contributed by atoms with Gasteiger partial charge >= 0.3 is 5.97 Å². The number of carbonyl (C=O) groups is 2. The van der Waals surface area contributed by atoms with Crippen LogP contribution in [0.25, 0.3) is 0 Å². The van der Waals surface area contributed by atoms with Crippen molar-refractivity contribution >= 4 is 11.8 Å². The summed E-state index contributed by atoms with van der Waals surface area (Å²) in [6.45, 7) is 2.15. The molecule has 0 heterocycles. The number of carboxylic acids is 1. The van der Waals surface area contributed by atoms with Crippen LogP contribution < -0.4 is 0 Å². The molecule has 0 unspecified atom stereocenters. The minimum absolute atomic E-state index is 0.166. The Morgan fingerprint density at radius 2 is 2.19 bits per heavy atom. The normalized spacial score (nSPS) is 36.2. The summed E-state index contributed by atoms with van der Waals surface area (Å²) in [5, 5.41) is 9.09. The van der Waals surface area contributed by atoms with Crippen LogP contribution in [0.4, 0.5) is 0 Å². The molecule has 0 amide bonds. The van der Waals surface area contributed by atoms with Crippen LogP contribution in [0, 0.1) is 17.3 Å². The van der Waals surface area contributed by atoms with Crippen LogP contribution in [-0.4, -0.2) is 16.9 Å². The highest BCUT2D eigenvalue weighted by molar-refractivity contribution is 5.98. The van der Waals surface area contributed by atoms with Crippen molar-refractivity contribution in [3.63, 3.8) is 0 Å². The van der Waals surface area contributed by atoms with Gasteiger partial charge in [-0.2, -0.15) is 0 Å². The predicted molar refractivity (Wildman–Crippen MR) is 60.0 cm³/mol. The van der Waals surface area contributed by atoms with Crippen molar-refractivity contribution in [2.24, 2.45) is 17.3 Å². The van der Waals surface area contributed by atoms with Gasteiger partial charge in [0.2, 0.25) is 0 Å². The third-order valence-corrected chi connectivity index (χ3v) is 4.42. The highest BCUT2D eigenvalue weighted by Crippen LogP contribution is 2.68. The lowest BCUT2D eigenvalue weighted by molar-refractivity contribution is -0.142. The fourth-order valence-electron chi connectivity index (χ4n) is 3.56. The van der Waals surface area contributed by atoms with Gasteiger partial charge in [0.15, 0.2) is 0 Å². The average Bonchev–Trinajstić information content (AvgIpc) is 2.81. The zero-order valence-corrected chi connectivity index (χ0v) is 9.87. The summed E-state index contributed by atoms with van der Waals surface area (Å²) in [5.41, 5.74) is -0.431. The van der Waals surface area contributed by atoms with Gasteiger partial charge in [-0.15, -0.1) is 0 Å². The molecule has 90 valence electrons. The molecule has 0 aromatic carbocycles. The summed E-state index contributed by atoms with van der Waals surface area (Å²) in [7, 11) is 0. The van der Waals surface area contributed by atoms with E-state index >= 15 is 0 Å². The molecule has 3 atom stereocenters. The average molecular weight is 224 g/mol. The molecule has 2 aliphatic carbocycles. The smallest absolute Gasteiger partial charge is 0.307 e. The zero-order valence-electron chi connectivity index (χ0n) is 9.87. The van der Waals surface area contributed by atoms with Gasteiger partial charge in [0.1, 0.15) is 5.78 Å². The molecule has 0 saturated heterocycles. The third kappa shape index (κ3) is 1.57. The first-order chi connectivity index (χ1) is 7.64. The Bertz CT molecular complexity index is 310. The molecular weight excluding hydrogens is 204 g/mol. The van der Waals surface area contributed by atoms with Gasteiger partial charge < -0.3 is 5.11 Å². The van der Waals surface area contributed by atoms with Gasteiger partial charge in [0.25, 0.3) is 0 Å². The molecule has 3 nitrogen and oxygen atoms in total. The lowest BCUT2D eigenvalue weighted by Crippen LogP contribution is -2.19. The van der Waals surface area contributed by atoms with E-state index in [0.717, 1.165) is 25.7 Å². The molecule has 0 aliphatic heterocycles. The Hall–Kier alpha value is -0.860. The number of fused-ring (bicyclic) bond motifs is 1. The monoisotopic (exact) mass is 224 g/mol. The van der Waals surface area contributed by atoms with Crippen LogP contribution in [0.5, 0.6) is 0 Å². The first-order valence-electron chi connectivity index (χ1n) is 6.40. The zero-order chi connectivity index (χ0) is 11.8. The maximum atomic E-state index is 11.9. The van der Waals surface area contributed by atoms with Gasteiger partial charge in [-0.3, -0.25) is 9.59 Å². The lowest BCUT2D eigenvalue weighted by atomic mass is 9.91. The van der Waals surface area contributed by atoms with E-state index in [1.165, 1.54) is 12.8 Å². The fraction of sp³-hybridized carbons (Fsp3) is 0.846. The molecular formula is C13H20O3. The number of unbranched alkanes of at least 4 members (excludes halogenated alkanes) is 3. The molecule has 2 saturated carbocycles. The molecule has 16 heavy (non-hydrogen) atoms. The maximum Gasteiger partial charge on any atom is 0.307 e. The summed E-state index contributed by atoms with van der Waals surface area (Å²) in [6.07, 6.45) is 6.74. The Labute approximate surface area is 96.2 Å². The minimum Gasteiger partial charge on any atom is -0.481 e. The van der Waals surface area contributed by atoms with E-state index in [9.17, 15) is 9.59 Å². The highest BCUT2D eigenvalue weighted by Gasteiger charge is 2.73. The van der Waals surface area contributed by atoms with Crippen molar-refractivity contribution in [3.8, 4) is 0 Å². The van der Waals surface area contributed by atoms with E-state index in [2.05, 4.69) is 6.92 Å². The van der Waals surface area contributed by atoms with E-state index in [-0.39, 0.29) is 17.6 Å². The maximum absolute atomic E-state index is 11.9. The van der Waals surface area contributed by atoms with Crippen LogP contribution in [-0.2, 0) is 9.59 Å². The van der Waals surface area contributed by atoms with E-state index in [0.29, 0.717) is 6.42 Å². The molecule has 0 spiro atoms. The quantitative estimate of drug-likeness (QED) is 0.706. The van der Waals surface area contributed by atoms with Crippen LogP contribution >= 0.6 is 0 Å². The summed E-state index contributed by atoms with van der Waals surface area (Å²) >= 11 is 0. The van der Waals surface area contributed by atoms with Crippen molar-refractivity contribution in [3.05, 3.63) is 0 Å². The number of hydrogen-bond donors (Lipinski definition) is 1. The lowest BCUT2D eigenvalue weighted by Gasteiger charge is -2.11. The number of carbonyl (C=O) groups excluding carboxylic acids is 1. The van der Waals surface area contributed by atoms with E-state index in [4.69, 9.17) is 5.11 Å². The summed E-state index contributed by atoms with van der Waals surface area (Å²) in [6, 6.07) is 0. The van der Waals surface area contributed by atoms with E-state index < -0.39 is 11.4 Å². The second kappa shape index (κ2) is 4.19. The Kier molecular flexibility index (Phi) is 3.04. The van der Waals surface area contributed by atoms with Crippen LogP contribution in [0.3, 0.4) is 0 Å². The SMILES string of the molecule is CCCCCC[C@@]12C(=O)CC[C@H]1[C@H]2C(=O)O. The van der Waals surface area contributed by atoms with Gasteiger partial charge in [-0.25, -0.2) is 0 Å². The number of carboxylic acid groups (broad SMARTS) is 1. The van der Waals surface area contributed by atoms with Crippen molar-refractivity contribution in [1.82, 2.24) is 0 Å². The topological polar surface area (TPSA) is 54.4 Å². The molecule has 2 aliphatic rings. The number of ketones is 1. The standard InChI is InChI=1S/C13H20O3/c1-2-3-4-5-8-13-9(6-7-10(13)14)11(13)12(15)16/h9,11H,2-8H2,1H3,(H,15,16)/t9-,11-,13-/m0/s1. The Morgan fingerprint density at radius 3 is 2.75 bits per heavy atom. The molecule has 0 bridgehead atoms. The third-order valence-electron chi connectivity index (χ3n) is 4.42. The number of Topliss-reactive ketones (excluding diaryl/α,β-unsaturated/α-hetero) is 1. The molecule has 2 fully saturated rings. The summed E-state index contributed by atoms with van der Waals surface area (Å²) in [5.74, 6) is -0.718. The number of aliphatic carboxylic acids is 1. The first-order valence-corrected chi connectivity index (χ1v) is 6.40. The van der Waals surface area contributed by atoms with Gasteiger partial charge in [-0.1, -0.05) is 32.6 Å². The van der Waals surface area contributed by atoms with Crippen molar-refractivity contribution < 1.29 is 14.7 Å². The largest absolute Gasteiger partial charge is 0.481 e. The number of rotatable bonds is 6. The second-order valence-electron chi connectivity index (χ2n) is 5.24. The summed E-state index contributed by atoms with van der Waals surface area (Å²) < 4.78 is 0. The van der Waals surface area contributed by atoms with Crippen molar-refractivity contribution in [2.45, 2.75) is 51.9 Å². The fourth-order valence-corrected chi connectivity index (χ4v) is 3.56. The summed E-state index contributed by atoms with van der Waals surface area (Å²) in [4.78, 5) is 22.9. The van der Waals surface area contributed by atoms with E-state index in [1.54, 1.807) is 0 Å². The minimum atomic E-state index is -0.756. The molecule has 0 aromatic heterocycles. The predicted octanol–water partition coefficient (Wildman–Crippen LogP) is 2.64. The number of hydrogen-bond acceptors (Lipinski definition) is 2.